The zero-order valence-corrected chi connectivity index (χ0v) is 9.70. The summed E-state index contributed by atoms with van der Waals surface area (Å²) < 4.78 is 27.3. The molecule has 2 rings (SSSR count). The summed E-state index contributed by atoms with van der Waals surface area (Å²) in [5.74, 6) is -2.73. The predicted octanol–water partition coefficient (Wildman–Crippen LogP) is 1.14. The summed E-state index contributed by atoms with van der Waals surface area (Å²) in [5, 5.41) is 9.12. The van der Waals surface area contributed by atoms with Gasteiger partial charge in [-0.3, -0.25) is 4.79 Å². The van der Waals surface area contributed by atoms with Crippen LogP contribution in [-0.2, 0) is 0 Å². The van der Waals surface area contributed by atoms with Crippen molar-refractivity contribution in [1.82, 2.24) is 4.90 Å². The number of amides is 1. The maximum absolute atomic E-state index is 13.7. The average Bonchev–Trinajstić information content (AvgIpc) is 2.82. The second kappa shape index (κ2) is 4.89. The molecule has 1 atom stereocenters. The van der Waals surface area contributed by atoms with Gasteiger partial charge in [-0.1, -0.05) is 0 Å². The minimum absolute atomic E-state index is 0.211. The lowest BCUT2D eigenvalue weighted by Crippen LogP contribution is -2.38. The van der Waals surface area contributed by atoms with Gasteiger partial charge < -0.3 is 15.7 Å². The fraction of sp³-hybridized carbons (Fsp3) is 0.417. The zero-order chi connectivity index (χ0) is 13.3. The molecule has 1 saturated heterocycles. The Balaban J connectivity index is 2.37. The number of carbonyl (C=O) groups excluding carboxylic acids is 1. The molecule has 1 amide bonds. The normalized spacial score (nSPS) is 19.3. The van der Waals surface area contributed by atoms with Gasteiger partial charge in [0.2, 0.25) is 0 Å². The first-order valence-electron chi connectivity index (χ1n) is 5.71. The monoisotopic (exact) mass is 256 g/mol. The number of anilines is 1. The number of rotatable bonds is 2. The molecule has 1 aliphatic rings. The van der Waals surface area contributed by atoms with Gasteiger partial charge in [0.15, 0.2) is 5.82 Å². The van der Waals surface area contributed by atoms with E-state index in [0.29, 0.717) is 19.4 Å². The Morgan fingerprint density at radius 1 is 1.50 bits per heavy atom. The Labute approximate surface area is 103 Å². The Hall–Kier alpha value is -1.69. The van der Waals surface area contributed by atoms with Crippen molar-refractivity contribution in [2.75, 3.05) is 18.9 Å². The van der Waals surface area contributed by atoms with Crippen LogP contribution in [0.15, 0.2) is 12.1 Å². The lowest BCUT2D eigenvalue weighted by molar-refractivity contribution is 0.0668. The highest BCUT2D eigenvalue weighted by Gasteiger charge is 2.32. The summed E-state index contributed by atoms with van der Waals surface area (Å²) in [6, 6.07) is 1.67. The largest absolute Gasteiger partial charge is 0.396 e. The first kappa shape index (κ1) is 12.8. The van der Waals surface area contributed by atoms with Crippen LogP contribution < -0.4 is 5.73 Å². The van der Waals surface area contributed by atoms with Crippen molar-refractivity contribution in [2.24, 2.45) is 0 Å². The van der Waals surface area contributed by atoms with Crippen molar-refractivity contribution in [1.29, 1.82) is 0 Å². The SMILES string of the molecule is Nc1ccc(F)c(C(=O)N2CCC[C@@H]2CO)c1F. The average molecular weight is 256 g/mol. The minimum Gasteiger partial charge on any atom is -0.396 e. The number of carbonyl (C=O) groups is 1. The van der Waals surface area contributed by atoms with E-state index in [1.165, 1.54) is 4.90 Å². The molecule has 0 spiro atoms. The van der Waals surface area contributed by atoms with E-state index in [2.05, 4.69) is 0 Å². The Morgan fingerprint density at radius 2 is 2.22 bits per heavy atom. The summed E-state index contributed by atoms with van der Waals surface area (Å²) in [7, 11) is 0. The number of aliphatic hydroxyl groups is 1. The van der Waals surface area contributed by atoms with Gasteiger partial charge in [0.25, 0.3) is 5.91 Å². The minimum atomic E-state index is -1.04. The molecule has 3 N–H and O–H groups in total. The lowest BCUT2D eigenvalue weighted by atomic mass is 10.1. The van der Waals surface area contributed by atoms with Crippen molar-refractivity contribution >= 4 is 11.6 Å². The fourth-order valence-electron chi connectivity index (χ4n) is 2.20. The molecule has 1 heterocycles. The van der Waals surface area contributed by atoms with Crippen LogP contribution in [0.4, 0.5) is 14.5 Å². The second-order valence-electron chi connectivity index (χ2n) is 4.30. The summed E-state index contributed by atoms with van der Waals surface area (Å²) in [4.78, 5) is 13.4. The molecule has 0 unspecified atom stereocenters. The van der Waals surface area contributed by atoms with Crippen molar-refractivity contribution in [3.05, 3.63) is 29.3 Å². The zero-order valence-electron chi connectivity index (χ0n) is 9.70. The number of nitrogens with two attached hydrogens (primary N) is 1. The van der Waals surface area contributed by atoms with Crippen molar-refractivity contribution in [3.63, 3.8) is 0 Å². The van der Waals surface area contributed by atoms with E-state index < -0.39 is 23.1 Å². The Bertz CT molecular complexity index is 479. The topological polar surface area (TPSA) is 66.6 Å². The second-order valence-corrected chi connectivity index (χ2v) is 4.30. The van der Waals surface area contributed by atoms with Crippen LogP contribution in [0.1, 0.15) is 23.2 Å². The van der Waals surface area contributed by atoms with Gasteiger partial charge in [-0.05, 0) is 25.0 Å². The van der Waals surface area contributed by atoms with Crippen molar-refractivity contribution in [2.45, 2.75) is 18.9 Å². The van der Waals surface area contributed by atoms with E-state index in [1.807, 2.05) is 0 Å². The maximum Gasteiger partial charge on any atom is 0.260 e. The molecule has 1 aliphatic heterocycles. The molecule has 18 heavy (non-hydrogen) atoms. The maximum atomic E-state index is 13.7. The van der Waals surface area contributed by atoms with Gasteiger partial charge in [-0.15, -0.1) is 0 Å². The van der Waals surface area contributed by atoms with E-state index in [1.54, 1.807) is 0 Å². The Morgan fingerprint density at radius 3 is 2.89 bits per heavy atom. The van der Waals surface area contributed by atoms with Gasteiger partial charge in [-0.2, -0.15) is 0 Å². The van der Waals surface area contributed by atoms with Crippen LogP contribution in [-0.4, -0.2) is 35.1 Å². The standard InChI is InChI=1S/C12H14F2N2O2/c13-8-3-4-9(15)11(14)10(8)12(18)16-5-1-2-7(16)6-17/h3-4,7,17H,1-2,5-6,15H2/t7-/m1/s1. The molecule has 1 fully saturated rings. The summed E-state index contributed by atoms with van der Waals surface area (Å²) in [5.41, 5.74) is 4.42. The number of hydrogen-bond acceptors (Lipinski definition) is 3. The predicted molar refractivity (Wildman–Crippen MR) is 61.9 cm³/mol. The highest BCUT2D eigenvalue weighted by molar-refractivity contribution is 5.96. The van der Waals surface area contributed by atoms with Crippen LogP contribution >= 0.6 is 0 Å². The van der Waals surface area contributed by atoms with Gasteiger partial charge in [0.1, 0.15) is 11.4 Å². The smallest absolute Gasteiger partial charge is 0.260 e. The molecule has 98 valence electrons. The van der Waals surface area contributed by atoms with Crippen molar-refractivity contribution in [3.8, 4) is 0 Å². The molecule has 1 aromatic carbocycles. The molecule has 0 radical (unpaired) electrons. The highest BCUT2D eigenvalue weighted by atomic mass is 19.1. The number of halogens is 2. The third-order valence-corrected chi connectivity index (χ3v) is 3.18. The summed E-state index contributed by atoms with van der Waals surface area (Å²) in [6.45, 7) is 0.176. The van der Waals surface area contributed by atoms with Gasteiger partial charge >= 0.3 is 0 Å². The number of benzene rings is 1. The first-order valence-corrected chi connectivity index (χ1v) is 5.71. The van der Waals surface area contributed by atoms with Crippen molar-refractivity contribution < 1.29 is 18.7 Å². The van der Waals surface area contributed by atoms with E-state index in [4.69, 9.17) is 10.8 Å². The third-order valence-electron chi connectivity index (χ3n) is 3.18. The number of nitrogen functional groups attached to an aromatic ring is 1. The van der Waals surface area contributed by atoms with Crippen LogP contribution in [0.3, 0.4) is 0 Å². The molecule has 6 heteroatoms. The number of aliphatic hydroxyl groups excluding tert-OH is 1. The van der Waals surface area contributed by atoms with Crippen LogP contribution in [0.2, 0.25) is 0 Å². The van der Waals surface area contributed by atoms with Crippen LogP contribution in [0, 0.1) is 11.6 Å². The number of hydrogen-bond donors (Lipinski definition) is 2. The highest BCUT2D eigenvalue weighted by Crippen LogP contribution is 2.24. The number of likely N-dealkylation sites (tertiary alicyclic amines) is 1. The molecule has 0 bridgehead atoms. The third kappa shape index (κ3) is 2.03. The molecule has 1 aromatic rings. The number of nitrogens with zero attached hydrogens (tertiary/aromatic N) is 1. The fourth-order valence-corrected chi connectivity index (χ4v) is 2.20. The van der Waals surface area contributed by atoms with Gasteiger partial charge in [0.05, 0.1) is 18.3 Å². The molecule has 0 aromatic heterocycles. The molecule has 0 saturated carbocycles. The summed E-state index contributed by atoms with van der Waals surface area (Å²) in [6.07, 6.45) is 1.34. The van der Waals surface area contributed by atoms with Gasteiger partial charge in [0, 0.05) is 6.54 Å². The van der Waals surface area contributed by atoms with Gasteiger partial charge in [-0.25, -0.2) is 8.78 Å². The van der Waals surface area contributed by atoms with E-state index in [9.17, 15) is 13.6 Å². The van der Waals surface area contributed by atoms with E-state index in [0.717, 1.165) is 12.1 Å². The Kier molecular flexibility index (Phi) is 3.47. The first-order chi connectivity index (χ1) is 8.56. The molecular weight excluding hydrogens is 242 g/mol. The van der Waals surface area contributed by atoms with Crippen LogP contribution in [0.5, 0.6) is 0 Å². The summed E-state index contributed by atoms with van der Waals surface area (Å²) >= 11 is 0. The quantitative estimate of drug-likeness (QED) is 0.780. The van der Waals surface area contributed by atoms with E-state index in [-0.39, 0.29) is 18.3 Å². The van der Waals surface area contributed by atoms with Crippen LogP contribution in [0.25, 0.3) is 0 Å². The molecular formula is C12H14F2N2O2. The lowest BCUT2D eigenvalue weighted by Gasteiger charge is -2.23. The van der Waals surface area contributed by atoms with E-state index >= 15 is 0 Å². The molecule has 0 aliphatic carbocycles. The molecule has 4 nitrogen and oxygen atoms in total.